The lowest BCUT2D eigenvalue weighted by Gasteiger charge is -2.14. The third-order valence-electron chi connectivity index (χ3n) is 3.91. The lowest BCUT2D eigenvalue weighted by Crippen LogP contribution is -2.33. The summed E-state index contributed by atoms with van der Waals surface area (Å²) in [6, 6.07) is 11.4. The third kappa shape index (κ3) is 4.51. The van der Waals surface area contributed by atoms with Gasteiger partial charge >= 0.3 is 0 Å². The van der Waals surface area contributed by atoms with Gasteiger partial charge in [-0.3, -0.25) is 9.52 Å². The van der Waals surface area contributed by atoms with E-state index in [0.717, 1.165) is 11.1 Å². The summed E-state index contributed by atoms with van der Waals surface area (Å²) >= 11 is 0. The zero-order valence-corrected chi connectivity index (χ0v) is 15.5. The molecule has 2 aromatic carbocycles. The minimum absolute atomic E-state index is 0.119. The number of benzene rings is 2. The van der Waals surface area contributed by atoms with Crippen molar-refractivity contribution in [3.63, 3.8) is 0 Å². The Morgan fingerprint density at radius 3 is 2.32 bits per heavy atom. The highest BCUT2D eigenvalue weighted by molar-refractivity contribution is 7.92. The van der Waals surface area contributed by atoms with Crippen molar-refractivity contribution in [2.45, 2.75) is 31.8 Å². The molecular formula is C18H22N2O4S. The number of carbonyl (C=O) groups excluding carboxylic acids is 1. The second kappa shape index (κ2) is 7.57. The van der Waals surface area contributed by atoms with Crippen LogP contribution in [0.15, 0.2) is 47.4 Å². The van der Waals surface area contributed by atoms with Crippen LogP contribution in [0.25, 0.3) is 0 Å². The van der Waals surface area contributed by atoms with Gasteiger partial charge in [0.1, 0.15) is 5.75 Å². The molecule has 0 heterocycles. The minimum atomic E-state index is -3.70. The SMILES string of the molecule is CNC(=O)[C@H](C)Oc1ccc(S(=O)(=O)Nc2cccc(C)c2C)cc1. The summed E-state index contributed by atoms with van der Waals surface area (Å²) in [4.78, 5) is 11.6. The second-order valence-corrected chi connectivity index (χ2v) is 7.38. The molecule has 1 atom stereocenters. The third-order valence-corrected chi connectivity index (χ3v) is 5.29. The molecule has 0 aliphatic heterocycles. The van der Waals surface area contributed by atoms with Crippen LogP contribution in [0.3, 0.4) is 0 Å². The lowest BCUT2D eigenvalue weighted by molar-refractivity contribution is -0.126. The smallest absolute Gasteiger partial charge is 0.261 e. The Labute approximate surface area is 148 Å². The zero-order valence-electron chi connectivity index (χ0n) is 14.7. The van der Waals surface area contributed by atoms with E-state index in [4.69, 9.17) is 4.74 Å². The maximum Gasteiger partial charge on any atom is 0.261 e. The van der Waals surface area contributed by atoms with Crippen LogP contribution in [-0.2, 0) is 14.8 Å². The van der Waals surface area contributed by atoms with Gasteiger partial charge in [0.25, 0.3) is 15.9 Å². The first kappa shape index (κ1) is 18.8. The molecular weight excluding hydrogens is 340 g/mol. The topological polar surface area (TPSA) is 84.5 Å². The molecule has 2 N–H and O–H groups in total. The van der Waals surface area contributed by atoms with E-state index in [-0.39, 0.29) is 10.8 Å². The number of sulfonamides is 1. The van der Waals surface area contributed by atoms with E-state index in [1.807, 2.05) is 19.9 Å². The molecule has 0 saturated carbocycles. The summed E-state index contributed by atoms with van der Waals surface area (Å²) < 4.78 is 33.1. The quantitative estimate of drug-likeness (QED) is 0.827. The number of aryl methyl sites for hydroxylation is 1. The van der Waals surface area contributed by atoms with Gasteiger partial charge in [-0.05, 0) is 62.2 Å². The summed E-state index contributed by atoms with van der Waals surface area (Å²) in [5.74, 6) is 0.162. The maximum absolute atomic E-state index is 12.5. The second-order valence-electron chi connectivity index (χ2n) is 5.70. The van der Waals surface area contributed by atoms with Crippen molar-refractivity contribution < 1.29 is 17.9 Å². The van der Waals surface area contributed by atoms with Gasteiger partial charge in [0.05, 0.1) is 10.6 Å². The van der Waals surface area contributed by atoms with Crippen LogP contribution < -0.4 is 14.8 Å². The molecule has 2 rings (SSSR count). The molecule has 25 heavy (non-hydrogen) atoms. The predicted molar refractivity (Wildman–Crippen MR) is 97.3 cm³/mol. The maximum atomic E-state index is 12.5. The summed E-state index contributed by atoms with van der Waals surface area (Å²) in [5, 5.41) is 2.49. The van der Waals surface area contributed by atoms with Crippen molar-refractivity contribution >= 4 is 21.6 Å². The Balaban J connectivity index is 2.17. The molecule has 2 aromatic rings. The molecule has 0 radical (unpaired) electrons. The van der Waals surface area contributed by atoms with Gasteiger partial charge in [0, 0.05) is 7.05 Å². The van der Waals surface area contributed by atoms with Crippen LogP contribution in [0.5, 0.6) is 5.75 Å². The fraction of sp³-hybridized carbons (Fsp3) is 0.278. The highest BCUT2D eigenvalue weighted by Gasteiger charge is 2.17. The van der Waals surface area contributed by atoms with E-state index < -0.39 is 16.1 Å². The highest BCUT2D eigenvalue weighted by atomic mass is 32.2. The lowest BCUT2D eigenvalue weighted by atomic mass is 10.1. The Bertz CT molecular complexity index is 861. The van der Waals surface area contributed by atoms with E-state index in [1.54, 1.807) is 19.1 Å². The normalized spacial score (nSPS) is 12.3. The number of amides is 1. The van der Waals surface area contributed by atoms with Crippen molar-refractivity contribution in [1.82, 2.24) is 5.32 Å². The number of likely N-dealkylation sites (N-methyl/N-ethyl adjacent to an activating group) is 1. The Morgan fingerprint density at radius 2 is 1.72 bits per heavy atom. The zero-order chi connectivity index (χ0) is 18.6. The van der Waals surface area contributed by atoms with Crippen LogP contribution in [0.1, 0.15) is 18.1 Å². The predicted octanol–water partition coefficient (Wildman–Crippen LogP) is 2.62. The Morgan fingerprint density at radius 1 is 1.08 bits per heavy atom. The molecule has 134 valence electrons. The van der Waals surface area contributed by atoms with Crippen LogP contribution in [0.2, 0.25) is 0 Å². The van der Waals surface area contributed by atoms with Crippen LogP contribution in [0, 0.1) is 13.8 Å². The van der Waals surface area contributed by atoms with Crippen LogP contribution >= 0.6 is 0 Å². The highest BCUT2D eigenvalue weighted by Crippen LogP contribution is 2.23. The fourth-order valence-corrected chi connectivity index (χ4v) is 3.35. The number of nitrogens with one attached hydrogen (secondary N) is 2. The molecule has 0 aliphatic rings. The van der Waals surface area contributed by atoms with Crippen molar-refractivity contribution in [3.8, 4) is 5.75 Å². The van der Waals surface area contributed by atoms with Gasteiger partial charge in [0.15, 0.2) is 6.10 Å². The van der Waals surface area contributed by atoms with E-state index in [9.17, 15) is 13.2 Å². The van der Waals surface area contributed by atoms with Gasteiger partial charge in [-0.2, -0.15) is 0 Å². The van der Waals surface area contributed by atoms with E-state index in [2.05, 4.69) is 10.0 Å². The summed E-state index contributed by atoms with van der Waals surface area (Å²) in [6.07, 6.45) is -0.666. The summed E-state index contributed by atoms with van der Waals surface area (Å²) in [6.45, 7) is 5.41. The van der Waals surface area contributed by atoms with Gasteiger partial charge in [-0.15, -0.1) is 0 Å². The molecule has 0 spiro atoms. The first-order chi connectivity index (χ1) is 11.7. The Kier molecular flexibility index (Phi) is 5.69. The molecule has 0 unspecified atom stereocenters. The first-order valence-electron chi connectivity index (χ1n) is 7.82. The van der Waals surface area contributed by atoms with Gasteiger partial charge < -0.3 is 10.1 Å². The number of rotatable bonds is 6. The van der Waals surface area contributed by atoms with Gasteiger partial charge in [-0.25, -0.2) is 8.42 Å². The van der Waals surface area contributed by atoms with Gasteiger partial charge in [0.2, 0.25) is 0 Å². The fourth-order valence-electron chi connectivity index (χ4n) is 2.22. The number of ether oxygens (including phenoxy) is 1. The standard InChI is InChI=1S/C18H22N2O4S/c1-12-6-5-7-17(13(12)2)20-25(22,23)16-10-8-15(9-11-16)24-14(3)18(21)19-4/h5-11,14,20H,1-4H3,(H,19,21)/t14-/m0/s1. The van der Waals surface area contributed by atoms with E-state index in [0.29, 0.717) is 11.4 Å². The van der Waals surface area contributed by atoms with Crippen molar-refractivity contribution in [2.75, 3.05) is 11.8 Å². The molecule has 0 fully saturated rings. The number of hydrogen-bond acceptors (Lipinski definition) is 4. The average Bonchev–Trinajstić information content (AvgIpc) is 2.58. The minimum Gasteiger partial charge on any atom is -0.481 e. The molecule has 0 bridgehead atoms. The molecule has 0 aliphatic carbocycles. The van der Waals surface area contributed by atoms with Crippen LogP contribution in [-0.4, -0.2) is 27.5 Å². The van der Waals surface area contributed by atoms with Crippen molar-refractivity contribution in [2.24, 2.45) is 0 Å². The molecule has 0 aromatic heterocycles. The monoisotopic (exact) mass is 362 g/mol. The van der Waals surface area contributed by atoms with Crippen molar-refractivity contribution in [1.29, 1.82) is 0 Å². The van der Waals surface area contributed by atoms with Crippen molar-refractivity contribution in [3.05, 3.63) is 53.6 Å². The first-order valence-corrected chi connectivity index (χ1v) is 9.30. The number of hydrogen-bond donors (Lipinski definition) is 2. The van der Waals surface area contributed by atoms with E-state index >= 15 is 0 Å². The Hall–Kier alpha value is -2.54. The summed E-state index contributed by atoms with van der Waals surface area (Å²) in [5.41, 5.74) is 2.44. The van der Waals surface area contributed by atoms with Crippen LogP contribution in [0.4, 0.5) is 5.69 Å². The average molecular weight is 362 g/mol. The number of carbonyl (C=O) groups is 1. The largest absolute Gasteiger partial charge is 0.481 e. The van der Waals surface area contributed by atoms with Gasteiger partial charge in [-0.1, -0.05) is 12.1 Å². The molecule has 1 amide bonds. The molecule has 7 heteroatoms. The molecule has 6 nitrogen and oxygen atoms in total. The summed E-state index contributed by atoms with van der Waals surface area (Å²) in [7, 11) is -2.18. The number of anilines is 1. The van der Waals surface area contributed by atoms with E-state index in [1.165, 1.54) is 31.3 Å². The molecule has 0 saturated heterocycles.